The van der Waals surface area contributed by atoms with Crippen molar-refractivity contribution in [2.24, 2.45) is 5.92 Å². The molecule has 3 heterocycles. The van der Waals surface area contributed by atoms with E-state index in [0.717, 1.165) is 43.5 Å². The van der Waals surface area contributed by atoms with E-state index >= 15 is 0 Å². The second-order valence-corrected chi connectivity index (χ2v) is 6.46. The highest BCUT2D eigenvalue weighted by Gasteiger charge is 2.23. The highest BCUT2D eigenvalue weighted by atomic mass is 16.6. The first kappa shape index (κ1) is 15.3. The van der Waals surface area contributed by atoms with Gasteiger partial charge in [-0.25, -0.2) is 4.98 Å². The van der Waals surface area contributed by atoms with Gasteiger partial charge in [-0.15, -0.1) is 0 Å². The van der Waals surface area contributed by atoms with E-state index in [4.69, 9.17) is 9.47 Å². The molecule has 1 fully saturated rings. The molecule has 2 aliphatic rings. The van der Waals surface area contributed by atoms with Crippen molar-refractivity contribution in [1.82, 2.24) is 9.88 Å². The molecule has 126 valence electrons. The van der Waals surface area contributed by atoms with Crippen molar-refractivity contribution in [1.29, 1.82) is 0 Å². The van der Waals surface area contributed by atoms with E-state index in [1.807, 2.05) is 30.5 Å². The van der Waals surface area contributed by atoms with Crippen LogP contribution in [0, 0.1) is 5.92 Å². The third kappa shape index (κ3) is 3.62. The molecule has 4 rings (SSSR count). The van der Waals surface area contributed by atoms with Gasteiger partial charge >= 0.3 is 0 Å². The molecular weight excluding hydrogens is 302 g/mol. The SMILES string of the molecule is c1ccc(NC[C@@H]2CCN(Cc3ccc4c(c3)OCCO4)C2)nc1. The normalized spacial score (nSPS) is 20.1. The Morgan fingerprint density at radius 1 is 1.12 bits per heavy atom. The second-order valence-electron chi connectivity index (χ2n) is 6.46. The summed E-state index contributed by atoms with van der Waals surface area (Å²) in [6.07, 6.45) is 3.05. The van der Waals surface area contributed by atoms with Gasteiger partial charge < -0.3 is 14.8 Å². The molecule has 5 nitrogen and oxygen atoms in total. The third-order valence-electron chi connectivity index (χ3n) is 4.62. The summed E-state index contributed by atoms with van der Waals surface area (Å²) in [6.45, 7) is 5.49. The molecule has 1 saturated heterocycles. The lowest BCUT2D eigenvalue weighted by atomic mass is 10.1. The van der Waals surface area contributed by atoms with Gasteiger partial charge in [0.25, 0.3) is 0 Å². The molecule has 0 saturated carbocycles. The summed E-state index contributed by atoms with van der Waals surface area (Å²) in [7, 11) is 0. The van der Waals surface area contributed by atoms with Crippen LogP contribution in [0.3, 0.4) is 0 Å². The van der Waals surface area contributed by atoms with E-state index in [-0.39, 0.29) is 0 Å². The van der Waals surface area contributed by atoms with E-state index in [9.17, 15) is 0 Å². The fraction of sp³-hybridized carbons (Fsp3) is 0.421. The second kappa shape index (κ2) is 7.09. The Hall–Kier alpha value is -2.27. The van der Waals surface area contributed by atoms with Crippen LogP contribution < -0.4 is 14.8 Å². The lowest BCUT2D eigenvalue weighted by Crippen LogP contribution is -2.23. The Bertz CT molecular complexity index is 678. The molecule has 0 spiro atoms. The summed E-state index contributed by atoms with van der Waals surface area (Å²) in [5.74, 6) is 3.38. The van der Waals surface area contributed by atoms with Crippen molar-refractivity contribution in [3.8, 4) is 11.5 Å². The number of likely N-dealkylation sites (tertiary alicyclic amines) is 1. The minimum absolute atomic E-state index is 0.640. The number of aromatic nitrogens is 1. The van der Waals surface area contributed by atoms with Gasteiger partial charge in [-0.3, -0.25) is 4.90 Å². The van der Waals surface area contributed by atoms with Crippen LogP contribution in [0.2, 0.25) is 0 Å². The zero-order valence-electron chi connectivity index (χ0n) is 13.8. The molecule has 24 heavy (non-hydrogen) atoms. The van der Waals surface area contributed by atoms with Crippen molar-refractivity contribution in [2.45, 2.75) is 13.0 Å². The molecule has 0 unspecified atom stereocenters. The van der Waals surface area contributed by atoms with Crippen molar-refractivity contribution >= 4 is 5.82 Å². The summed E-state index contributed by atoms with van der Waals surface area (Å²) < 4.78 is 11.3. The van der Waals surface area contributed by atoms with Crippen molar-refractivity contribution in [3.63, 3.8) is 0 Å². The van der Waals surface area contributed by atoms with Crippen molar-refractivity contribution < 1.29 is 9.47 Å². The number of fused-ring (bicyclic) bond motifs is 1. The number of nitrogens with zero attached hydrogens (tertiary/aromatic N) is 2. The highest BCUT2D eigenvalue weighted by Crippen LogP contribution is 2.31. The van der Waals surface area contributed by atoms with Gasteiger partial charge in [0.2, 0.25) is 0 Å². The first-order valence-corrected chi connectivity index (χ1v) is 8.62. The number of ether oxygens (including phenoxy) is 2. The maximum atomic E-state index is 5.68. The first-order valence-electron chi connectivity index (χ1n) is 8.62. The monoisotopic (exact) mass is 325 g/mol. The Kier molecular flexibility index (Phi) is 4.51. The number of benzene rings is 1. The van der Waals surface area contributed by atoms with Crippen LogP contribution >= 0.6 is 0 Å². The molecule has 1 aromatic heterocycles. The van der Waals surface area contributed by atoms with Gasteiger partial charge in [0, 0.05) is 25.8 Å². The maximum absolute atomic E-state index is 5.68. The Balaban J connectivity index is 1.29. The number of nitrogens with one attached hydrogen (secondary N) is 1. The average molecular weight is 325 g/mol. The van der Waals surface area contributed by atoms with Crippen LogP contribution in [-0.4, -0.2) is 42.7 Å². The van der Waals surface area contributed by atoms with Gasteiger partial charge in [-0.2, -0.15) is 0 Å². The standard InChI is InChI=1S/C19H23N3O2/c1-2-7-20-19(3-1)21-12-16-6-8-22(14-16)13-15-4-5-17-18(11-15)24-10-9-23-17/h1-5,7,11,16H,6,8-10,12-14H2,(H,20,21)/t16-/m0/s1. The Labute approximate surface area is 142 Å². The zero-order chi connectivity index (χ0) is 16.2. The quantitative estimate of drug-likeness (QED) is 0.916. The minimum Gasteiger partial charge on any atom is -0.486 e. The lowest BCUT2D eigenvalue weighted by molar-refractivity contribution is 0.171. The highest BCUT2D eigenvalue weighted by molar-refractivity contribution is 5.43. The molecular formula is C19H23N3O2. The summed E-state index contributed by atoms with van der Waals surface area (Å²) in [5, 5.41) is 3.44. The molecule has 5 heteroatoms. The lowest BCUT2D eigenvalue weighted by Gasteiger charge is -2.21. The van der Waals surface area contributed by atoms with Crippen molar-refractivity contribution in [3.05, 3.63) is 48.2 Å². The zero-order valence-corrected chi connectivity index (χ0v) is 13.8. The largest absolute Gasteiger partial charge is 0.486 e. The van der Waals surface area contributed by atoms with E-state index in [1.54, 1.807) is 0 Å². The van der Waals surface area contributed by atoms with Gasteiger partial charge in [-0.05, 0) is 48.7 Å². The minimum atomic E-state index is 0.640. The number of anilines is 1. The first-order chi connectivity index (χ1) is 11.9. The van der Waals surface area contributed by atoms with E-state index in [2.05, 4.69) is 27.3 Å². The molecule has 0 radical (unpaired) electrons. The Morgan fingerprint density at radius 2 is 2.04 bits per heavy atom. The summed E-state index contributed by atoms with van der Waals surface area (Å²) in [4.78, 5) is 6.83. The number of rotatable bonds is 5. The fourth-order valence-electron chi connectivity index (χ4n) is 3.38. The summed E-state index contributed by atoms with van der Waals surface area (Å²) in [5.41, 5.74) is 1.29. The Morgan fingerprint density at radius 3 is 2.92 bits per heavy atom. The van der Waals surface area contributed by atoms with Crippen LogP contribution in [0.1, 0.15) is 12.0 Å². The average Bonchev–Trinajstić information content (AvgIpc) is 3.08. The van der Waals surface area contributed by atoms with Gasteiger partial charge in [0.05, 0.1) is 0 Å². The molecule has 1 N–H and O–H groups in total. The van der Waals surface area contributed by atoms with Crippen LogP contribution in [0.25, 0.3) is 0 Å². The van der Waals surface area contributed by atoms with Crippen molar-refractivity contribution in [2.75, 3.05) is 38.2 Å². The molecule has 0 amide bonds. The fourth-order valence-corrected chi connectivity index (χ4v) is 3.38. The van der Waals surface area contributed by atoms with Gasteiger partial charge in [0.1, 0.15) is 19.0 Å². The number of hydrogen-bond acceptors (Lipinski definition) is 5. The third-order valence-corrected chi connectivity index (χ3v) is 4.62. The summed E-state index contributed by atoms with van der Waals surface area (Å²) >= 11 is 0. The molecule has 2 aliphatic heterocycles. The molecule has 1 aromatic carbocycles. The van der Waals surface area contributed by atoms with Crippen LogP contribution in [0.4, 0.5) is 5.82 Å². The van der Waals surface area contributed by atoms with Gasteiger partial charge in [-0.1, -0.05) is 12.1 Å². The van der Waals surface area contributed by atoms with E-state index in [1.165, 1.54) is 12.0 Å². The molecule has 0 bridgehead atoms. The van der Waals surface area contributed by atoms with Crippen LogP contribution in [0.15, 0.2) is 42.6 Å². The predicted molar refractivity (Wildman–Crippen MR) is 93.5 cm³/mol. The van der Waals surface area contributed by atoms with Gasteiger partial charge in [0.15, 0.2) is 11.5 Å². The molecule has 2 aromatic rings. The summed E-state index contributed by atoms with van der Waals surface area (Å²) in [6, 6.07) is 12.3. The van der Waals surface area contributed by atoms with E-state index in [0.29, 0.717) is 19.1 Å². The predicted octanol–water partition coefficient (Wildman–Crippen LogP) is 2.79. The smallest absolute Gasteiger partial charge is 0.161 e. The molecule has 1 atom stereocenters. The van der Waals surface area contributed by atoms with E-state index < -0.39 is 0 Å². The topological polar surface area (TPSA) is 46.6 Å². The van der Waals surface area contributed by atoms with Crippen LogP contribution in [-0.2, 0) is 6.54 Å². The molecule has 0 aliphatic carbocycles. The van der Waals surface area contributed by atoms with Crippen LogP contribution in [0.5, 0.6) is 11.5 Å². The number of hydrogen-bond donors (Lipinski definition) is 1. The number of pyridine rings is 1. The maximum Gasteiger partial charge on any atom is 0.161 e.